The molecule has 1 aliphatic carbocycles. The van der Waals surface area contributed by atoms with Crippen LogP contribution in [0.4, 0.5) is 10.5 Å². The van der Waals surface area contributed by atoms with Crippen LogP contribution in [-0.4, -0.2) is 23.7 Å². The molecule has 1 saturated carbocycles. The molecule has 0 aromatic heterocycles. The van der Waals surface area contributed by atoms with E-state index >= 15 is 0 Å². The summed E-state index contributed by atoms with van der Waals surface area (Å²) in [5.74, 6) is -0.873. The molecular weight excluding hydrogens is 291 g/mol. The standard InChI is InChI=1S/C12H12Cl2N2O3/c13-8-2-1-7(5-9(8)14)16-11(19)15-6-12(3-4-12)10(17)18/h1-2,5H,3-4,6H2,(H,17,18)(H2,15,16,19). The number of benzene rings is 1. The van der Waals surface area contributed by atoms with Gasteiger partial charge in [0.1, 0.15) is 0 Å². The van der Waals surface area contributed by atoms with Crippen molar-refractivity contribution < 1.29 is 14.7 Å². The Morgan fingerprint density at radius 1 is 1.26 bits per heavy atom. The van der Waals surface area contributed by atoms with Crippen molar-refractivity contribution in [1.29, 1.82) is 0 Å². The zero-order chi connectivity index (χ0) is 14.0. The maximum atomic E-state index is 11.6. The second-order valence-electron chi connectivity index (χ2n) is 4.52. The quantitative estimate of drug-likeness (QED) is 0.800. The number of carboxylic acids is 1. The molecular formula is C12H12Cl2N2O3. The summed E-state index contributed by atoms with van der Waals surface area (Å²) >= 11 is 11.6. The van der Waals surface area contributed by atoms with E-state index in [1.165, 1.54) is 6.07 Å². The number of carbonyl (C=O) groups excluding carboxylic acids is 1. The predicted octanol–water partition coefficient (Wildman–Crippen LogP) is 2.98. The summed E-state index contributed by atoms with van der Waals surface area (Å²) in [7, 11) is 0. The Bertz CT molecular complexity index is 530. The van der Waals surface area contributed by atoms with Gasteiger partial charge in [-0.25, -0.2) is 4.79 Å². The molecule has 0 atom stereocenters. The Morgan fingerprint density at radius 3 is 2.47 bits per heavy atom. The summed E-state index contributed by atoms with van der Waals surface area (Å²) in [5.41, 5.74) is -0.290. The first kappa shape index (κ1) is 14.0. The van der Waals surface area contributed by atoms with Crippen molar-refractivity contribution in [3.63, 3.8) is 0 Å². The molecule has 2 amide bonds. The van der Waals surface area contributed by atoms with Gasteiger partial charge in [-0.3, -0.25) is 4.79 Å². The minimum absolute atomic E-state index is 0.121. The summed E-state index contributed by atoms with van der Waals surface area (Å²) in [6.45, 7) is 0.121. The number of amides is 2. The Labute approximate surface area is 119 Å². The fourth-order valence-electron chi connectivity index (χ4n) is 1.62. The van der Waals surface area contributed by atoms with Crippen LogP contribution in [0, 0.1) is 5.41 Å². The molecule has 0 heterocycles. The zero-order valence-corrected chi connectivity index (χ0v) is 11.4. The molecule has 0 spiro atoms. The fourth-order valence-corrected chi connectivity index (χ4v) is 1.91. The van der Waals surface area contributed by atoms with E-state index < -0.39 is 17.4 Å². The lowest BCUT2D eigenvalue weighted by molar-refractivity contribution is -0.143. The van der Waals surface area contributed by atoms with Crippen molar-refractivity contribution >= 4 is 40.9 Å². The van der Waals surface area contributed by atoms with Crippen LogP contribution in [0.25, 0.3) is 0 Å². The Kier molecular flexibility index (Phi) is 3.87. The van der Waals surface area contributed by atoms with Crippen LogP contribution >= 0.6 is 23.2 Å². The summed E-state index contributed by atoms with van der Waals surface area (Å²) < 4.78 is 0. The number of nitrogens with one attached hydrogen (secondary N) is 2. The molecule has 0 aliphatic heterocycles. The molecule has 1 aromatic carbocycles. The molecule has 7 heteroatoms. The number of hydrogen-bond donors (Lipinski definition) is 3. The molecule has 1 aromatic rings. The topological polar surface area (TPSA) is 78.4 Å². The summed E-state index contributed by atoms with van der Waals surface area (Å²) in [6, 6.07) is 4.23. The largest absolute Gasteiger partial charge is 0.481 e. The van der Waals surface area contributed by atoms with Gasteiger partial charge in [-0.15, -0.1) is 0 Å². The number of carboxylic acid groups (broad SMARTS) is 1. The Hall–Kier alpha value is -1.46. The minimum Gasteiger partial charge on any atom is -0.481 e. The van der Waals surface area contributed by atoms with Crippen molar-refractivity contribution in [2.75, 3.05) is 11.9 Å². The van der Waals surface area contributed by atoms with Crippen LogP contribution in [0.1, 0.15) is 12.8 Å². The smallest absolute Gasteiger partial charge is 0.319 e. The highest BCUT2D eigenvalue weighted by atomic mass is 35.5. The maximum Gasteiger partial charge on any atom is 0.319 e. The molecule has 2 rings (SSSR count). The average molecular weight is 303 g/mol. The van der Waals surface area contributed by atoms with Gasteiger partial charge in [-0.2, -0.15) is 0 Å². The predicted molar refractivity (Wildman–Crippen MR) is 72.8 cm³/mol. The molecule has 0 saturated heterocycles. The molecule has 1 fully saturated rings. The molecule has 0 radical (unpaired) electrons. The maximum absolute atomic E-state index is 11.6. The lowest BCUT2D eigenvalue weighted by Crippen LogP contribution is -2.36. The molecule has 102 valence electrons. The number of aliphatic carboxylic acids is 1. The van der Waals surface area contributed by atoms with Gasteiger partial charge in [0.25, 0.3) is 0 Å². The van der Waals surface area contributed by atoms with Crippen LogP contribution < -0.4 is 10.6 Å². The molecule has 0 bridgehead atoms. The van der Waals surface area contributed by atoms with Gasteiger partial charge in [-0.1, -0.05) is 23.2 Å². The van der Waals surface area contributed by atoms with E-state index in [1.54, 1.807) is 12.1 Å². The van der Waals surface area contributed by atoms with E-state index in [0.29, 0.717) is 28.6 Å². The van der Waals surface area contributed by atoms with Crippen molar-refractivity contribution in [2.24, 2.45) is 5.41 Å². The second-order valence-corrected chi connectivity index (χ2v) is 5.34. The first-order chi connectivity index (χ1) is 8.93. The van der Waals surface area contributed by atoms with Crippen LogP contribution in [0.3, 0.4) is 0 Å². The Balaban J connectivity index is 1.88. The highest BCUT2D eigenvalue weighted by Crippen LogP contribution is 2.45. The molecule has 19 heavy (non-hydrogen) atoms. The van der Waals surface area contributed by atoms with Crippen LogP contribution in [0.5, 0.6) is 0 Å². The number of anilines is 1. The van der Waals surface area contributed by atoms with E-state index in [9.17, 15) is 9.59 Å². The highest BCUT2D eigenvalue weighted by molar-refractivity contribution is 6.42. The average Bonchev–Trinajstić information content (AvgIpc) is 3.13. The first-order valence-electron chi connectivity index (χ1n) is 5.66. The van der Waals surface area contributed by atoms with E-state index in [2.05, 4.69) is 10.6 Å². The summed E-state index contributed by atoms with van der Waals surface area (Å²) in [4.78, 5) is 22.5. The van der Waals surface area contributed by atoms with Crippen molar-refractivity contribution in [2.45, 2.75) is 12.8 Å². The zero-order valence-electron chi connectivity index (χ0n) is 9.87. The lowest BCUT2D eigenvalue weighted by atomic mass is 10.1. The van der Waals surface area contributed by atoms with Crippen LogP contribution in [0.15, 0.2) is 18.2 Å². The SMILES string of the molecule is O=C(NCC1(C(=O)O)CC1)Nc1ccc(Cl)c(Cl)c1. The van der Waals surface area contributed by atoms with Gasteiger partial charge >= 0.3 is 12.0 Å². The third kappa shape index (κ3) is 3.30. The van der Waals surface area contributed by atoms with Gasteiger partial charge in [0.05, 0.1) is 15.5 Å². The van der Waals surface area contributed by atoms with Crippen molar-refractivity contribution in [1.82, 2.24) is 5.32 Å². The lowest BCUT2D eigenvalue weighted by Gasteiger charge is -2.12. The first-order valence-corrected chi connectivity index (χ1v) is 6.42. The number of hydrogen-bond acceptors (Lipinski definition) is 2. The summed E-state index contributed by atoms with van der Waals surface area (Å²) in [6.07, 6.45) is 1.19. The number of urea groups is 1. The van der Waals surface area contributed by atoms with Gasteiger partial charge < -0.3 is 15.7 Å². The van der Waals surface area contributed by atoms with Crippen LogP contribution in [0.2, 0.25) is 10.0 Å². The van der Waals surface area contributed by atoms with Gasteiger partial charge in [-0.05, 0) is 31.0 Å². The monoisotopic (exact) mass is 302 g/mol. The van der Waals surface area contributed by atoms with Crippen molar-refractivity contribution in [3.8, 4) is 0 Å². The van der Waals surface area contributed by atoms with Crippen LogP contribution in [-0.2, 0) is 4.79 Å². The molecule has 1 aliphatic rings. The fraction of sp³-hybridized carbons (Fsp3) is 0.333. The number of carbonyl (C=O) groups is 2. The molecule has 3 N–H and O–H groups in total. The molecule has 0 unspecified atom stereocenters. The van der Waals surface area contributed by atoms with E-state index in [-0.39, 0.29) is 6.54 Å². The van der Waals surface area contributed by atoms with E-state index in [4.69, 9.17) is 28.3 Å². The number of halogens is 2. The van der Waals surface area contributed by atoms with Gasteiger partial charge in [0.15, 0.2) is 0 Å². The van der Waals surface area contributed by atoms with Gasteiger partial charge in [0.2, 0.25) is 0 Å². The van der Waals surface area contributed by atoms with Crippen molar-refractivity contribution in [3.05, 3.63) is 28.2 Å². The Morgan fingerprint density at radius 2 is 1.95 bits per heavy atom. The highest BCUT2D eigenvalue weighted by Gasteiger charge is 2.50. The number of rotatable bonds is 4. The van der Waals surface area contributed by atoms with Gasteiger partial charge in [0, 0.05) is 12.2 Å². The third-order valence-electron chi connectivity index (χ3n) is 3.07. The normalized spacial score (nSPS) is 15.7. The molecule has 5 nitrogen and oxygen atoms in total. The summed E-state index contributed by atoms with van der Waals surface area (Å²) in [5, 5.41) is 14.8. The third-order valence-corrected chi connectivity index (χ3v) is 3.81. The second kappa shape index (κ2) is 5.27. The van der Waals surface area contributed by atoms with E-state index in [1.807, 2.05) is 0 Å². The minimum atomic E-state index is -0.873. The van der Waals surface area contributed by atoms with E-state index in [0.717, 1.165) is 0 Å².